The second-order valence-corrected chi connectivity index (χ2v) is 6.07. The van der Waals surface area contributed by atoms with Gasteiger partial charge in [0.2, 0.25) is 9.84 Å². The Balaban J connectivity index is 2.15. The molecule has 2 aromatic rings. The summed E-state index contributed by atoms with van der Waals surface area (Å²) in [5.74, 6) is -2.52. The molecule has 0 spiro atoms. The normalized spacial score (nSPS) is 11.4. The second-order valence-electron chi connectivity index (χ2n) is 4.15. The van der Waals surface area contributed by atoms with Crippen molar-refractivity contribution in [2.24, 2.45) is 0 Å². The van der Waals surface area contributed by atoms with Gasteiger partial charge in [0.15, 0.2) is 0 Å². The van der Waals surface area contributed by atoms with Crippen molar-refractivity contribution >= 4 is 15.5 Å². The van der Waals surface area contributed by atoms with E-state index in [4.69, 9.17) is 4.74 Å². The lowest BCUT2D eigenvalue weighted by Gasteiger charge is -2.08. The third-order valence-corrected chi connectivity index (χ3v) is 4.16. The third kappa shape index (κ3) is 3.49. The zero-order valence-corrected chi connectivity index (χ0v) is 11.9. The van der Waals surface area contributed by atoms with Crippen LogP contribution in [0.2, 0.25) is 0 Å². The molecule has 0 radical (unpaired) electrons. The van der Waals surface area contributed by atoms with Crippen molar-refractivity contribution in [3.05, 3.63) is 48.5 Å². The van der Waals surface area contributed by atoms with Crippen LogP contribution in [-0.4, -0.2) is 21.2 Å². The quantitative estimate of drug-likeness (QED) is 0.917. The Morgan fingerprint density at radius 1 is 0.952 bits per heavy atom. The molecule has 21 heavy (non-hydrogen) atoms. The third-order valence-electron chi connectivity index (χ3n) is 2.77. The molecule has 0 aliphatic heterocycles. The minimum absolute atomic E-state index is 0.362. The fourth-order valence-electron chi connectivity index (χ4n) is 1.63. The van der Waals surface area contributed by atoms with Gasteiger partial charge < -0.3 is 10.1 Å². The van der Waals surface area contributed by atoms with E-state index >= 15 is 0 Å². The molecule has 112 valence electrons. The maximum atomic E-state index is 12.4. The fraction of sp³-hybridized carbons (Fsp3) is 0.143. The Kier molecular flexibility index (Phi) is 4.42. The molecule has 0 unspecified atom stereocenters. The number of hydrogen-bond acceptors (Lipinski definition) is 4. The van der Waals surface area contributed by atoms with E-state index in [0.717, 1.165) is 17.8 Å². The first-order valence-corrected chi connectivity index (χ1v) is 7.56. The zero-order valence-electron chi connectivity index (χ0n) is 11.1. The molecule has 0 fully saturated rings. The highest BCUT2D eigenvalue weighted by molar-refractivity contribution is 7.91. The molecule has 0 bridgehead atoms. The van der Waals surface area contributed by atoms with E-state index in [0.29, 0.717) is 11.5 Å². The van der Waals surface area contributed by atoms with Crippen LogP contribution in [0.3, 0.4) is 0 Å². The van der Waals surface area contributed by atoms with Crippen molar-refractivity contribution in [1.29, 1.82) is 0 Å². The molecule has 4 nitrogen and oxygen atoms in total. The second kappa shape index (κ2) is 6.09. The smallest absolute Gasteiger partial charge is 0.341 e. The average molecular weight is 313 g/mol. The van der Waals surface area contributed by atoms with E-state index in [1.54, 1.807) is 19.2 Å². The number of nitrogens with one attached hydrogen (secondary N) is 1. The van der Waals surface area contributed by atoms with Gasteiger partial charge in [-0.1, -0.05) is 0 Å². The first-order chi connectivity index (χ1) is 9.93. The maximum absolute atomic E-state index is 12.4. The highest BCUT2D eigenvalue weighted by Gasteiger charge is 2.26. The van der Waals surface area contributed by atoms with Gasteiger partial charge in [0.05, 0.1) is 4.90 Å². The molecule has 0 aromatic heterocycles. The summed E-state index contributed by atoms with van der Waals surface area (Å²) in [5.41, 5.74) is 0.917. The highest BCUT2D eigenvalue weighted by Crippen LogP contribution is 2.25. The van der Waals surface area contributed by atoms with Crippen LogP contribution in [0.4, 0.5) is 14.5 Å². The van der Waals surface area contributed by atoms with Crippen molar-refractivity contribution in [2.75, 3.05) is 12.4 Å². The SMILES string of the molecule is CNc1ccc(Oc2ccc(S(=O)(=O)C(F)F)cc2)cc1. The van der Waals surface area contributed by atoms with Crippen LogP contribution in [0.5, 0.6) is 11.5 Å². The molecule has 0 atom stereocenters. The molecular weight excluding hydrogens is 300 g/mol. The summed E-state index contributed by atoms with van der Waals surface area (Å²) in [6, 6.07) is 11.9. The predicted octanol–water partition coefficient (Wildman–Crippen LogP) is 3.52. The summed E-state index contributed by atoms with van der Waals surface area (Å²) in [7, 11) is -2.78. The standard InChI is InChI=1S/C14H13F2NO3S/c1-17-10-2-4-11(5-3-10)20-12-6-8-13(9-7-12)21(18,19)14(15)16/h2-9,14,17H,1H3. The van der Waals surface area contributed by atoms with Crippen LogP contribution in [0, 0.1) is 0 Å². The summed E-state index contributed by atoms with van der Waals surface area (Å²) < 4.78 is 52.8. The lowest BCUT2D eigenvalue weighted by Crippen LogP contribution is -2.11. The van der Waals surface area contributed by atoms with Crippen LogP contribution in [0.1, 0.15) is 0 Å². The van der Waals surface area contributed by atoms with Crippen LogP contribution >= 0.6 is 0 Å². The van der Waals surface area contributed by atoms with Gasteiger partial charge in [0.1, 0.15) is 11.5 Å². The topological polar surface area (TPSA) is 55.4 Å². The average Bonchev–Trinajstić information content (AvgIpc) is 2.48. The van der Waals surface area contributed by atoms with Crippen molar-refractivity contribution < 1.29 is 21.9 Å². The van der Waals surface area contributed by atoms with Crippen LogP contribution < -0.4 is 10.1 Å². The molecule has 0 aliphatic rings. The maximum Gasteiger partial charge on any atom is 0.341 e. The summed E-state index contributed by atoms with van der Waals surface area (Å²) in [6.07, 6.45) is 0. The van der Waals surface area contributed by atoms with Gasteiger partial charge in [0.25, 0.3) is 0 Å². The minimum Gasteiger partial charge on any atom is -0.457 e. The number of hydrogen-bond donors (Lipinski definition) is 1. The first kappa shape index (κ1) is 15.2. The summed E-state index contributed by atoms with van der Waals surface area (Å²) in [6.45, 7) is 0. The number of ether oxygens (including phenoxy) is 1. The molecule has 0 aliphatic carbocycles. The van der Waals surface area contributed by atoms with Gasteiger partial charge in [-0.05, 0) is 48.5 Å². The van der Waals surface area contributed by atoms with E-state index in [-0.39, 0.29) is 0 Å². The van der Waals surface area contributed by atoms with Crippen molar-refractivity contribution in [3.8, 4) is 11.5 Å². The Morgan fingerprint density at radius 2 is 1.43 bits per heavy atom. The molecule has 0 amide bonds. The molecular formula is C14H13F2NO3S. The van der Waals surface area contributed by atoms with Crippen molar-refractivity contribution in [3.63, 3.8) is 0 Å². The van der Waals surface area contributed by atoms with Gasteiger partial charge in [-0.15, -0.1) is 0 Å². The largest absolute Gasteiger partial charge is 0.457 e. The van der Waals surface area contributed by atoms with Crippen LogP contribution in [-0.2, 0) is 9.84 Å². The number of sulfone groups is 1. The van der Waals surface area contributed by atoms with Crippen molar-refractivity contribution in [1.82, 2.24) is 0 Å². The highest BCUT2D eigenvalue weighted by atomic mass is 32.2. The molecule has 2 aromatic carbocycles. The van der Waals surface area contributed by atoms with E-state index in [1.807, 2.05) is 12.1 Å². The number of rotatable bonds is 5. The van der Waals surface area contributed by atoms with E-state index < -0.39 is 20.5 Å². The number of anilines is 1. The number of halogens is 2. The Hall–Kier alpha value is -2.15. The lowest BCUT2D eigenvalue weighted by atomic mass is 10.3. The van der Waals surface area contributed by atoms with E-state index in [1.165, 1.54) is 12.1 Å². The van der Waals surface area contributed by atoms with Crippen LogP contribution in [0.25, 0.3) is 0 Å². The molecule has 7 heteroatoms. The minimum atomic E-state index is -4.57. The molecule has 0 saturated heterocycles. The van der Waals surface area contributed by atoms with E-state index in [9.17, 15) is 17.2 Å². The Morgan fingerprint density at radius 3 is 1.86 bits per heavy atom. The molecule has 1 N–H and O–H groups in total. The summed E-state index contributed by atoms with van der Waals surface area (Å²) in [4.78, 5) is -0.435. The monoisotopic (exact) mass is 313 g/mol. The molecule has 0 saturated carbocycles. The molecule has 0 heterocycles. The van der Waals surface area contributed by atoms with Gasteiger partial charge >= 0.3 is 5.76 Å². The first-order valence-electron chi connectivity index (χ1n) is 6.01. The number of alkyl halides is 2. The van der Waals surface area contributed by atoms with Gasteiger partial charge in [0, 0.05) is 12.7 Å². The summed E-state index contributed by atoms with van der Waals surface area (Å²) >= 11 is 0. The van der Waals surface area contributed by atoms with Crippen molar-refractivity contribution in [2.45, 2.75) is 10.7 Å². The molecule has 2 rings (SSSR count). The number of benzene rings is 2. The Bertz CT molecular complexity index is 698. The fourth-order valence-corrected chi connectivity index (χ4v) is 2.35. The Labute approximate surface area is 121 Å². The van der Waals surface area contributed by atoms with Gasteiger partial charge in [-0.2, -0.15) is 8.78 Å². The van der Waals surface area contributed by atoms with Gasteiger partial charge in [-0.3, -0.25) is 0 Å². The predicted molar refractivity (Wildman–Crippen MR) is 75.7 cm³/mol. The summed E-state index contributed by atoms with van der Waals surface area (Å²) in [5, 5.41) is 2.96. The lowest BCUT2D eigenvalue weighted by molar-refractivity contribution is 0.234. The zero-order chi connectivity index (χ0) is 15.5. The van der Waals surface area contributed by atoms with E-state index in [2.05, 4.69) is 5.32 Å². The van der Waals surface area contributed by atoms with Crippen LogP contribution in [0.15, 0.2) is 53.4 Å². The van der Waals surface area contributed by atoms with Gasteiger partial charge in [-0.25, -0.2) is 8.42 Å².